The van der Waals surface area contributed by atoms with Crippen molar-refractivity contribution in [2.75, 3.05) is 0 Å². The summed E-state index contributed by atoms with van der Waals surface area (Å²) < 4.78 is 99.7. The fourth-order valence-electron chi connectivity index (χ4n) is 3.02. The van der Waals surface area contributed by atoms with Gasteiger partial charge in [0.05, 0.1) is 0 Å². The van der Waals surface area contributed by atoms with E-state index in [1.54, 1.807) is 6.08 Å². The van der Waals surface area contributed by atoms with Gasteiger partial charge in [-0.1, -0.05) is 6.08 Å². The maximum absolute atomic E-state index is 14.2. The molecule has 0 saturated carbocycles. The predicted octanol–water partition coefficient (Wildman–Crippen LogP) is 6.75. The van der Waals surface area contributed by atoms with Crippen LogP contribution in [0, 0.1) is 23.3 Å². The van der Waals surface area contributed by atoms with Crippen molar-refractivity contribution in [3.63, 3.8) is 0 Å². The molecule has 9 heteroatoms. The number of fused-ring (bicyclic) bond motifs is 1. The van der Waals surface area contributed by atoms with Crippen LogP contribution in [-0.2, 0) is 12.6 Å². The maximum atomic E-state index is 14.2. The monoisotopic (exact) mass is 442 g/mol. The van der Waals surface area contributed by atoms with E-state index in [-0.39, 0.29) is 11.1 Å². The normalized spacial score (nSPS) is 11.6. The lowest BCUT2D eigenvalue weighted by atomic mass is 10.0. The van der Waals surface area contributed by atoms with Crippen LogP contribution in [0.2, 0.25) is 0 Å². The van der Waals surface area contributed by atoms with Crippen molar-refractivity contribution in [2.45, 2.75) is 19.0 Å². The average molecular weight is 442 g/mol. The van der Waals surface area contributed by atoms with Crippen LogP contribution in [0.3, 0.4) is 0 Å². The molecule has 0 amide bonds. The van der Waals surface area contributed by atoms with Crippen LogP contribution in [0.1, 0.15) is 27.9 Å². The molecule has 162 valence electrons. The highest BCUT2D eigenvalue weighted by atomic mass is 19.4. The van der Waals surface area contributed by atoms with Gasteiger partial charge < -0.3 is 4.74 Å². The molecule has 3 aromatic rings. The molecule has 0 aliphatic heterocycles. The van der Waals surface area contributed by atoms with Crippen molar-refractivity contribution in [3.05, 3.63) is 89.0 Å². The third-order valence-corrected chi connectivity index (χ3v) is 4.44. The molecule has 0 fully saturated rings. The predicted molar refractivity (Wildman–Crippen MR) is 98.7 cm³/mol. The van der Waals surface area contributed by atoms with E-state index < -0.39 is 51.9 Å². The number of aryl methyl sites for hydroxylation is 1. The second-order valence-electron chi connectivity index (χ2n) is 6.58. The Labute approximate surface area is 171 Å². The number of esters is 1. The van der Waals surface area contributed by atoms with Crippen LogP contribution >= 0.6 is 0 Å². The molecule has 3 rings (SSSR count). The first kappa shape index (κ1) is 22.3. The highest BCUT2D eigenvalue weighted by Gasteiger charge is 2.38. The summed E-state index contributed by atoms with van der Waals surface area (Å²) in [6.07, 6.45) is -2.93. The Hall–Kier alpha value is -3.36. The first-order valence-corrected chi connectivity index (χ1v) is 8.83. The van der Waals surface area contributed by atoms with E-state index >= 15 is 0 Å². The molecule has 3 aromatic carbocycles. The molecule has 0 atom stereocenters. The van der Waals surface area contributed by atoms with Crippen LogP contribution in [0.4, 0.5) is 30.7 Å². The van der Waals surface area contributed by atoms with E-state index in [0.29, 0.717) is 24.5 Å². The van der Waals surface area contributed by atoms with Gasteiger partial charge in [-0.3, -0.25) is 0 Å². The summed E-state index contributed by atoms with van der Waals surface area (Å²) in [6, 6.07) is 5.00. The number of hydrogen-bond donors (Lipinski definition) is 0. The van der Waals surface area contributed by atoms with E-state index in [1.165, 1.54) is 0 Å². The molecule has 0 aliphatic carbocycles. The maximum Gasteiger partial charge on any atom is 0.422 e. The SMILES string of the molecule is C=CCCc1cc(F)c(C(=O)Oc2ccc3c(F)c(C(F)(F)F)c(F)cc3c2)c(F)c1. The molecule has 0 aliphatic rings. The van der Waals surface area contributed by atoms with Crippen LogP contribution < -0.4 is 4.74 Å². The van der Waals surface area contributed by atoms with Crippen molar-refractivity contribution in [2.24, 2.45) is 0 Å². The smallest absolute Gasteiger partial charge is 0.422 e. The van der Waals surface area contributed by atoms with Crippen molar-refractivity contribution in [1.82, 2.24) is 0 Å². The van der Waals surface area contributed by atoms with Crippen molar-refractivity contribution in [1.29, 1.82) is 0 Å². The molecule has 0 N–H and O–H groups in total. The van der Waals surface area contributed by atoms with Crippen molar-refractivity contribution in [3.8, 4) is 5.75 Å². The van der Waals surface area contributed by atoms with Gasteiger partial charge >= 0.3 is 12.1 Å². The summed E-state index contributed by atoms with van der Waals surface area (Å²) in [5.74, 6) is -7.81. The zero-order valence-electron chi connectivity index (χ0n) is 15.6. The number of carbonyl (C=O) groups is 1. The number of alkyl halides is 3. The lowest BCUT2D eigenvalue weighted by molar-refractivity contribution is -0.142. The number of halogens is 7. The molecular weight excluding hydrogens is 429 g/mol. The quantitative estimate of drug-likeness (QED) is 0.189. The number of carbonyl (C=O) groups excluding carboxylic acids is 1. The average Bonchev–Trinajstić information content (AvgIpc) is 2.64. The van der Waals surface area contributed by atoms with Crippen molar-refractivity contribution >= 4 is 16.7 Å². The summed E-state index contributed by atoms with van der Waals surface area (Å²) in [5.41, 5.74) is -2.73. The summed E-state index contributed by atoms with van der Waals surface area (Å²) in [4.78, 5) is 12.2. The van der Waals surface area contributed by atoms with Crippen LogP contribution in [0.15, 0.2) is 49.1 Å². The minimum Gasteiger partial charge on any atom is -0.423 e. The zero-order valence-corrected chi connectivity index (χ0v) is 15.6. The van der Waals surface area contributed by atoms with Crippen molar-refractivity contribution < 1.29 is 40.3 Å². The Balaban J connectivity index is 1.94. The summed E-state index contributed by atoms with van der Waals surface area (Å²) >= 11 is 0. The molecule has 0 radical (unpaired) electrons. The number of rotatable bonds is 5. The standard InChI is InChI=1S/C22H13F7O2/c1-2-3-4-11-7-15(23)18(16(24)8-11)21(30)31-13-5-6-14-12(9-13)10-17(25)19(20(14)26)22(27,28)29/h2,5-10H,1,3-4H2. The van der Waals surface area contributed by atoms with Gasteiger partial charge in [-0.15, -0.1) is 6.58 Å². The van der Waals surface area contributed by atoms with E-state index in [2.05, 4.69) is 6.58 Å². The zero-order chi connectivity index (χ0) is 22.9. The minimum absolute atomic E-state index is 0.295. The molecule has 0 unspecified atom stereocenters. The van der Waals surface area contributed by atoms with Gasteiger partial charge in [-0.05, 0) is 60.2 Å². The van der Waals surface area contributed by atoms with Gasteiger partial charge in [-0.25, -0.2) is 22.4 Å². The molecule has 0 spiro atoms. The molecule has 0 heterocycles. The number of ether oxygens (including phenoxy) is 1. The summed E-state index contributed by atoms with van der Waals surface area (Å²) in [5, 5.41) is -0.911. The van der Waals surface area contributed by atoms with Gasteiger partial charge in [0.25, 0.3) is 0 Å². The van der Waals surface area contributed by atoms with Crippen LogP contribution in [-0.4, -0.2) is 5.97 Å². The highest BCUT2D eigenvalue weighted by molar-refractivity contribution is 5.93. The topological polar surface area (TPSA) is 26.3 Å². The molecule has 0 bridgehead atoms. The van der Waals surface area contributed by atoms with Gasteiger partial charge in [0.15, 0.2) is 0 Å². The fraction of sp³-hybridized carbons (Fsp3) is 0.136. The Morgan fingerprint density at radius 2 is 1.61 bits per heavy atom. The second kappa shape index (κ2) is 8.41. The van der Waals surface area contributed by atoms with Gasteiger partial charge in [0.1, 0.15) is 40.1 Å². The van der Waals surface area contributed by atoms with Crippen LogP contribution in [0.25, 0.3) is 10.8 Å². The van der Waals surface area contributed by atoms with E-state index in [9.17, 15) is 35.5 Å². The van der Waals surface area contributed by atoms with E-state index in [0.717, 1.165) is 30.3 Å². The fourth-order valence-corrected chi connectivity index (χ4v) is 3.02. The Bertz CT molecular complexity index is 1160. The molecule has 2 nitrogen and oxygen atoms in total. The molecule has 0 aromatic heterocycles. The molecule has 31 heavy (non-hydrogen) atoms. The van der Waals surface area contributed by atoms with Crippen LogP contribution in [0.5, 0.6) is 5.75 Å². The first-order valence-electron chi connectivity index (χ1n) is 8.83. The van der Waals surface area contributed by atoms with E-state index in [4.69, 9.17) is 4.74 Å². The summed E-state index contributed by atoms with van der Waals surface area (Å²) in [7, 11) is 0. The highest BCUT2D eigenvalue weighted by Crippen LogP contribution is 2.37. The lowest BCUT2D eigenvalue weighted by Gasteiger charge is -2.12. The van der Waals surface area contributed by atoms with E-state index in [1.807, 2.05) is 0 Å². The van der Waals surface area contributed by atoms with Gasteiger partial charge in [-0.2, -0.15) is 13.2 Å². The lowest BCUT2D eigenvalue weighted by Crippen LogP contribution is -2.14. The largest absolute Gasteiger partial charge is 0.423 e. The third kappa shape index (κ3) is 4.55. The molecular formula is C22H13F7O2. The van der Waals surface area contributed by atoms with Gasteiger partial charge in [0.2, 0.25) is 0 Å². The molecule has 0 saturated heterocycles. The second-order valence-corrected chi connectivity index (χ2v) is 6.58. The minimum atomic E-state index is -5.25. The number of benzene rings is 3. The first-order chi connectivity index (χ1) is 14.5. The Morgan fingerprint density at radius 1 is 0.968 bits per heavy atom. The number of hydrogen-bond acceptors (Lipinski definition) is 2. The van der Waals surface area contributed by atoms with Gasteiger partial charge in [0, 0.05) is 5.39 Å². The summed E-state index contributed by atoms with van der Waals surface area (Å²) in [6.45, 7) is 3.50. The Kier molecular flexibility index (Phi) is 6.06. The Morgan fingerprint density at radius 3 is 2.19 bits per heavy atom. The number of allylic oxidation sites excluding steroid dienone is 1. The third-order valence-electron chi connectivity index (χ3n) is 4.44.